The van der Waals surface area contributed by atoms with Crippen LogP contribution in [0, 0.1) is 0 Å². The molecule has 0 saturated carbocycles. The molecule has 1 aromatic heterocycles. The number of ether oxygens (including phenoxy) is 1. The third-order valence-electron chi connectivity index (χ3n) is 4.47. The van der Waals surface area contributed by atoms with E-state index in [2.05, 4.69) is 35.0 Å². The summed E-state index contributed by atoms with van der Waals surface area (Å²) in [5.41, 5.74) is 1.35. The van der Waals surface area contributed by atoms with Gasteiger partial charge in [-0.25, -0.2) is 0 Å². The van der Waals surface area contributed by atoms with Gasteiger partial charge < -0.3 is 10.1 Å². The summed E-state index contributed by atoms with van der Waals surface area (Å²) in [4.78, 5) is 0. The first-order chi connectivity index (χ1) is 9.38. The summed E-state index contributed by atoms with van der Waals surface area (Å²) >= 11 is 1.82. The summed E-state index contributed by atoms with van der Waals surface area (Å²) in [6, 6.07) is 10.0. The molecule has 4 rings (SSSR count). The van der Waals surface area contributed by atoms with Crippen molar-refractivity contribution in [2.75, 3.05) is 0 Å². The van der Waals surface area contributed by atoms with Crippen molar-refractivity contribution in [2.45, 2.75) is 50.5 Å². The third-order valence-corrected chi connectivity index (χ3v) is 5.48. The van der Waals surface area contributed by atoms with Crippen LogP contribution in [0.25, 0.3) is 10.1 Å². The monoisotopic (exact) mass is 273 g/mol. The van der Waals surface area contributed by atoms with Crippen LogP contribution in [-0.2, 0) is 11.3 Å². The summed E-state index contributed by atoms with van der Waals surface area (Å²) in [6.07, 6.45) is 5.52. The molecule has 0 aliphatic carbocycles. The van der Waals surface area contributed by atoms with Crippen LogP contribution in [0.5, 0.6) is 0 Å². The van der Waals surface area contributed by atoms with Gasteiger partial charge in [0.1, 0.15) is 0 Å². The van der Waals surface area contributed by atoms with E-state index in [-0.39, 0.29) is 0 Å². The van der Waals surface area contributed by atoms with Gasteiger partial charge in [-0.2, -0.15) is 0 Å². The smallest absolute Gasteiger partial charge is 0.0734 e. The molecule has 2 atom stereocenters. The number of fused-ring (bicyclic) bond motifs is 3. The van der Waals surface area contributed by atoms with Crippen LogP contribution in [0.3, 0.4) is 0 Å². The molecule has 0 radical (unpaired) electrons. The zero-order valence-electron chi connectivity index (χ0n) is 11.0. The summed E-state index contributed by atoms with van der Waals surface area (Å²) in [7, 11) is 0. The van der Waals surface area contributed by atoms with Crippen molar-refractivity contribution in [1.29, 1.82) is 0 Å². The molecular formula is C16H19NOS. The van der Waals surface area contributed by atoms with Gasteiger partial charge in [0.05, 0.1) is 12.7 Å². The highest BCUT2D eigenvalue weighted by Gasteiger charge is 2.33. The lowest BCUT2D eigenvalue weighted by atomic mass is 10.0. The standard InChI is InChI=1S/C16H19NOS/c1-2-4-16-15(3-1)11(10-19-16)9-18-14-7-12-5-6-13(8-14)17-12/h1-4,10,12-14,17H,5-9H2. The van der Waals surface area contributed by atoms with Gasteiger partial charge in [-0.1, -0.05) is 18.2 Å². The first-order valence-electron chi connectivity index (χ1n) is 7.21. The van der Waals surface area contributed by atoms with Crippen LogP contribution in [0.1, 0.15) is 31.2 Å². The Morgan fingerprint density at radius 1 is 1.16 bits per heavy atom. The first kappa shape index (κ1) is 11.9. The van der Waals surface area contributed by atoms with E-state index in [1.807, 2.05) is 11.3 Å². The molecule has 3 heteroatoms. The molecule has 2 aliphatic rings. The zero-order valence-corrected chi connectivity index (χ0v) is 11.8. The van der Waals surface area contributed by atoms with Crippen LogP contribution in [0.4, 0.5) is 0 Å². The second kappa shape index (κ2) is 4.89. The molecule has 0 amide bonds. The fraction of sp³-hybridized carbons (Fsp3) is 0.500. The fourth-order valence-corrected chi connectivity index (χ4v) is 4.44. The van der Waals surface area contributed by atoms with Crippen molar-refractivity contribution in [3.05, 3.63) is 35.2 Å². The van der Waals surface area contributed by atoms with Crippen molar-refractivity contribution in [3.63, 3.8) is 0 Å². The zero-order chi connectivity index (χ0) is 12.7. The molecule has 2 aliphatic heterocycles. The minimum Gasteiger partial charge on any atom is -0.373 e. The molecule has 2 aromatic rings. The Hall–Kier alpha value is -0.900. The lowest BCUT2D eigenvalue weighted by molar-refractivity contribution is 0.00980. The summed E-state index contributed by atoms with van der Waals surface area (Å²) in [5, 5.41) is 7.28. The van der Waals surface area contributed by atoms with Crippen molar-refractivity contribution in [3.8, 4) is 0 Å². The van der Waals surface area contributed by atoms with E-state index < -0.39 is 0 Å². The molecular weight excluding hydrogens is 254 g/mol. The highest BCUT2D eigenvalue weighted by atomic mass is 32.1. The summed E-state index contributed by atoms with van der Waals surface area (Å²) < 4.78 is 7.55. The van der Waals surface area contributed by atoms with Crippen LogP contribution in [-0.4, -0.2) is 18.2 Å². The highest BCUT2D eigenvalue weighted by molar-refractivity contribution is 7.17. The number of thiophene rings is 1. The van der Waals surface area contributed by atoms with E-state index in [9.17, 15) is 0 Å². The van der Waals surface area contributed by atoms with E-state index in [0.717, 1.165) is 6.61 Å². The average Bonchev–Trinajstić information content (AvgIpc) is 3.00. The molecule has 2 bridgehead atoms. The van der Waals surface area contributed by atoms with Crippen LogP contribution in [0.2, 0.25) is 0 Å². The molecule has 100 valence electrons. The maximum Gasteiger partial charge on any atom is 0.0734 e. The van der Waals surface area contributed by atoms with E-state index in [4.69, 9.17) is 4.74 Å². The number of rotatable bonds is 3. The lowest BCUT2D eigenvalue weighted by Crippen LogP contribution is -2.41. The number of nitrogens with one attached hydrogen (secondary N) is 1. The van der Waals surface area contributed by atoms with Gasteiger partial charge in [0.15, 0.2) is 0 Å². The molecule has 2 saturated heterocycles. The van der Waals surface area contributed by atoms with Gasteiger partial charge in [0.2, 0.25) is 0 Å². The minimum absolute atomic E-state index is 0.456. The Balaban J connectivity index is 1.44. The molecule has 19 heavy (non-hydrogen) atoms. The number of benzene rings is 1. The second-order valence-corrected chi connectivity index (χ2v) is 6.71. The van der Waals surface area contributed by atoms with Gasteiger partial charge in [0, 0.05) is 16.8 Å². The van der Waals surface area contributed by atoms with Crippen LogP contribution < -0.4 is 5.32 Å². The minimum atomic E-state index is 0.456. The first-order valence-corrected chi connectivity index (χ1v) is 8.09. The van der Waals surface area contributed by atoms with Gasteiger partial charge in [-0.05, 0) is 48.1 Å². The van der Waals surface area contributed by atoms with Gasteiger partial charge in [0.25, 0.3) is 0 Å². The number of hydrogen-bond donors (Lipinski definition) is 1. The predicted molar refractivity (Wildman–Crippen MR) is 79.6 cm³/mol. The quantitative estimate of drug-likeness (QED) is 0.920. The Kier molecular flexibility index (Phi) is 3.06. The number of piperidine rings is 1. The Labute approximate surface area is 117 Å². The van der Waals surface area contributed by atoms with Crippen molar-refractivity contribution < 1.29 is 4.74 Å². The maximum atomic E-state index is 6.18. The molecule has 1 N–H and O–H groups in total. The Morgan fingerprint density at radius 2 is 1.95 bits per heavy atom. The molecule has 2 unspecified atom stereocenters. The second-order valence-electron chi connectivity index (χ2n) is 5.80. The fourth-order valence-electron chi connectivity index (χ4n) is 3.49. The SMILES string of the molecule is c1ccc2c(COC3CC4CCC(C3)N4)csc2c1. The topological polar surface area (TPSA) is 21.3 Å². The largest absolute Gasteiger partial charge is 0.373 e. The Bertz CT molecular complexity index is 567. The molecule has 0 spiro atoms. The normalized spacial score (nSPS) is 30.0. The molecule has 3 heterocycles. The maximum absolute atomic E-state index is 6.18. The summed E-state index contributed by atoms with van der Waals surface area (Å²) in [6.45, 7) is 0.772. The van der Waals surface area contributed by atoms with Crippen LogP contribution >= 0.6 is 11.3 Å². The van der Waals surface area contributed by atoms with E-state index >= 15 is 0 Å². The van der Waals surface area contributed by atoms with Gasteiger partial charge >= 0.3 is 0 Å². The van der Waals surface area contributed by atoms with Crippen molar-refractivity contribution in [2.24, 2.45) is 0 Å². The van der Waals surface area contributed by atoms with Crippen molar-refractivity contribution in [1.82, 2.24) is 5.32 Å². The highest BCUT2D eigenvalue weighted by Crippen LogP contribution is 2.31. The average molecular weight is 273 g/mol. The summed E-state index contributed by atoms with van der Waals surface area (Å²) in [5.74, 6) is 0. The van der Waals surface area contributed by atoms with E-state index in [1.165, 1.54) is 41.3 Å². The van der Waals surface area contributed by atoms with Gasteiger partial charge in [-0.15, -0.1) is 11.3 Å². The molecule has 2 nitrogen and oxygen atoms in total. The van der Waals surface area contributed by atoms with Gasteiger partial charge in [-0.3, -0.25) is 0 Å². The molecule has 1 aromatic carbocycles. The number of hydrogen-bond acceptors (Lipinski definition) is 3. The third kappa shape index (κ3) is 2.31. The van der Waals surface area contributed by atoms with Crippen LogP contribution in [0.15, 0.2) is 29.6 Å². The van der Waals surface area contributed by atoms with E-state index in [1.54, 1.807) is 0 Å². The Morgan fingerprint density at radius 3 is 2.79 bits per heavy atom. The van der Waals surface area contributed by atoms with Crippen molar-refractivity contribution >= 4 is 21.4 Å². The predicted octanol–water partition coefficient (Wildman–Crippen LogP) is 3.70. The molecule has 2 fully saturated rings. The lowest BCUT2D eigenvalue weighted by Gasteiger charge is -2.29. The van der Waals surface area contributed by atoms with E-state index in [0.29, 0.717) is 18.2 Å².